The van der Waals surface area contributed by atoms with Gasteiger partial charge in [0, 0.05) is 17.2 Å². The number of benzene rings is 3. The van der Waals surface area contributed by atoms with Crippen molar-refractivity contribution in [1.82, 2.24) is 4.98 Å². The predicted octanol–water partition coefficient (Wildman–Crippen LogP) is 6.52. The molecule has 0 aliphatic heterocycles. The lowest BCUT2D eigenvalue weighted by molar-refractivity contribution is 0.662. The van der Waals surface area contributed by atoms with Gasteiger partial charge >= 0.3 is 0 Å². The van der Waals surface area contributed by atoms with Crippen molar-refractivity contribution >= 4 is 10.8 Å². The van der Waals surface area contributed by atoms with Crippen molar-refractivity contribution in [2.24, 2.45) is 0 Å². The number of hydrogen-bond donors (Lipinski definition) is 0. The second-order valence-electron chi connectivity index (χ2n) is 7.82. The van der Waals surface area contributed by atoms with E-state index in [4.69, 9.17) is 4.98 Å². The molecular weight excluding hydrogens is 314 g/mol. The third-order valence-electron chi connectivity index (χ3n) is 5.73. The Labute approximate surface area is 154 Å². The molecule has 0 radical (unpaired) electrons. The van der Waals surface area contributed by atoms with Crippen LogP contribution in [0.5, 0.6) is 0 Å². The highest BCUT2D eigenvalue weighted by Gasteiger charge is 2.37. The van der Waals surface area contributed by atoms with Crippen molar-refractivity contribution < 1.29 is 0 Å². The Hall–Kier alpha value is -2.93. The molecule has 1 nitrogen and oxygen atoms in total. The minimum absolute atomic E-state index is 0.0438. The quantitative estimate of drug-likeness (QED) is 0.386. The zero-order chi connectivity index (χ0) is 17.9. The van der Waals surface area contributed by atoms with E-state index in [-0.39, 0.29) is 5.41 Å². The fourth-order valence-corrected chi connectivity index (χ4v) is 4.41. The van der Waals surface area contributed by atoms with Crippen molar-refractivity contribution in [3.05, 3.63) is 89.6 Å². The van der Waals surface area contributed by atoms with Crippen molar-refractivity contribution in [3.8, 4) is 22.4 Å². The van der Waals surface area contributed by atoms with Gasteiger partial charge < -0.3 is 0 Å². The standard InChI is InChI=1S/C25H21N/c1-16-11-12-23(26-15-16)20-10-6-9-19-21-13-17-7-4-5-8-18(17)14-22(21)25(2,3)24(19)20/h4-15H,1-3H3. The number of aromatic nitrogens is 1. The first-order valence-electron chi connectivity index (χ1n) is 9.16. The van der Waals surface area contributed by atoms with E-state index >= 15 is 0 Å². The molecule has 0 bridgehead atoms. The van der Waals surface area contributed by atoms with E-state index in [0.29, 0.717) is 0 Å². The predicted molar refractivity (Wildman–Crippen MR) is 109 cm³/mol. The van der Waals surface area contributed by atoms with Gasteiger partial charge in [0.2, 0.25) is 0 Å². The summed E-state index contributed by atoms with van der Waals surface area (Å²) < 4.78 is 0. The van der Waals surface area contributed by atoms with Gasteiger partial charge in [-0.2, -0.15) is 0 Å². The number of aryl methyl sites for hydroxylation is 1. The van der Waals surface area contributed by atoms with Gasteiger partial charge in [0.05, 0.1) is 5.69 Å². The highest BCUT2D eigenvalue weighted by Crippen LogP contribution is 2.52. The fourth-order valence-electron chi connectivity index (χ4n) is 4.41. The molecule has 0 saturated carbocycles. The summed E-state index contributed by atoms with van der Waals surface area (Å²) in [5.41, 5.74) is 8.94. The van der Waals surface area contributed by atoms with Crippen LogP contribution in [0.15, 0.2) is 72.9 Å². The van der Waals surface area contributed by atoms with E-state index in [1.54, 1.807) is 0 Å². The van der Waals surface area contributed by atoms with Gasteiger partial charge in [0.25, 0.3) is 0 Å². The lowest BCUT2D eigenvalue weighted by Crippen LogP contribution is -2.16. The summed E-state index contributed by atoms with van der Waals surface area (Å²) in [6.07, 6.45) is 1.96. The van der Waals surface area contributed by atoms with Gasteiger partial charge in [0.1, 0.15) is 0 Å². The normalized spacial score (nSPS) is 14.3. The number of rotatable bonds is 1. The largest absolute Gasteiger partial charge is 0.256 e. The van der Waals surface area contributed by atoms with E-state index in [9.17, 15) is 0 Å². The summed E-state index contributed by atoms with van der Waals surface area (Å²) in [6, 6.07) is 24.3. The molecule has 0 unspecified atom stereocenters. The van der Waals surface area contributed by atoms with Crippen LogP contribution in [0, 0.1) is 6.92 Å². The van der Waals surface area contributed by atoms with Crippen molar-refractivity contribution in [1.29, 1.82) is 0 Å². The Bertz CT molecular complexity index is 1150. The SMILES string of the molecule is Cc1ccc(-c2cccc3c2C(C)(C)c2cc4ccccc4cc2-3)nc1. The van der Waals surface area contributed by atoms with E-state index in [1.807, 2.05) is 6.20 Å². The smallest absolute Gasteiger partial charge is 0.0705 e. The summed E-state index contributed by atoms with van der Waals surface area (Å²) in [5.74, 6) is 0. The molecule has 126 valence electrons. The molecule has 1 aliphatic rings. The van der Waals surface area contributed by atoms with E-state index in [1.165, 1.54) is 44.2 Å². The second kappa shape index (κ2) is 5.28. The first-order chi connectivity index (χ1) is 12.6. The summed E-state index contributed by atoms with van der Waals surface area (Å²) in [4.78, 5) is 4.71. The third kappa shape index (κ3) is 2.07. The van der Waals surface area contributed by atoms with Crippen LogP contribution in [0.4, 0.5) is 0 Å². The van der Waals surface area contributed by atoms with Crippen LogP contribution in [0.1, 0.15) is 30.5 Å². The van der Waals surface area contributed by atoms with Crippen molar-refractivity contribution in [2.45, 2.75) is 26.2 Å². The van der Waals surface area contributed by atoms with E-state index < -0.39 is 0 Å². The van der Waals surface area contributed by atoms with Crippen LogP contribution in [0.2, 0.25) is 0 Å². The number of hydrogen-bond acceptors (Lipinski definition) is 1. The maximum atomic E-state index is 4.71. The summed E-state index contributed by atoms with van der Waals surface area (Å²) in [7, 11) is 0. The molecule has 1 heterocycles. The zero-order valence-electron chi connectivity index (χ0n) is 15.4. The van der Waals surface area contributed by atoms with Crippen LogP contribution in [-0.4, -0.2) is 4.98 Å². The molecule has 0 fully saturated rings. The maximum Gasteiger partial charge on any atom is 0.0705 e. The van der Waals surface area contributed by atoms with Crippen LogP contribution >= 0.6 is 0 Å². The van der Waals surface area contributed by atoms with Crippen LogP contribution in [0.3, 0.4) is 0 Å². The third-order valence-corrected chi connectivity index (χ3v) is 5.73. The molecule has 5 rings (SSSR count). The van der Waals surface area contributed by atoms with E-state index in [0.717, 1.165) is 5.69 Å². The molecule has 0 N–H and O–H groups in total. The molecule has 0 saturated heterocycles. The molecule has 0 amide bonds. The zero-order valence-corrected chi connectivity index (χ0v) is 15.4. The minimum Gasteiger partial charge on any atom is -0.256 e. The number of fused-ring (bicyclic) bond motifs is 4. The van der Waals surface area contributed by atoms with Crippen LogP contribution in [0.25, 0.3) is 33.2 Å². The molecule has 1 aliphatic carbocycles. The van der Waals surface area contributed by atoms with Crippen LogP contribution in [-0.2, 0) is 5.41 Å². The molecule has 26 heavy (non-hydrogen) atoms. The number of nitrogens with zero attached hydrogens (tertiary/aromatic N) is 1. The van der Waals surface area contributed by atoms with Gasteiger partial charge in [-0.05, 0) is 63.7 Å². The molecule has 0 atom stereocenters. The summed E-state index contributed by atoms with van der Waals surface area (Å²) in [5, 5.41) is 2.61. The van der Waals surface area contributed by atoms with Gasteiger partial charge in [-0.25, -0.2) is 0 Å². The fraction of sp³-hybridized carbons (Fsp3) is 0.160. The Balaban J connectivity index is 1.82. The van der Waals surface area contributed by atoms with Gasteiger partial charge in [-0.15, -0.1) is 0 Å². The average molecular weight is 335 g/mol. The Kier molecular flexibility index (Phi) is 3.12. The van der Waals surface area contributed by atoms with E-state index in [2.05, 4.69) is 87.5 Å². The highest BCUT2D eigenvalue weighted by molar-refractivity contribution is 5.95. The molecule has 1 aromatic heterocycles. The van der Waals surface area contributed by atoms with Crippen molar-refractivity contribution in [2.75, 3.05) is 0 Å². The average Bonchev–Trinajstić information content (AvgIpc) is 2.88. The Morgan fingerprint density at radius 1 is 0.731 bits per heavy atom. The van der Waals surface area contributed by atoms with Crippen LogP contribution < -0.4 is 0 Å². The number of pyridine rings is 1. The van der Waals surface area contributed by atoms with Gasteiger partial charge in [0.15, 0.2) is 0 Å². The summed E-state index contributed by atoms with van der Waals surface area (Å²) in [6.45, 7) is 6.76. The second-order valence-corrected chi connectivity index (χ2v) is 7.82. The molecule has 1 heteroatoms. The minimum atomic E-state index is -0.0438. The van der Waals surface area contributed by atoms with Gasteiger partial charge in [-0.3, -0.25) is 4.98 Å². The first-order valence-corrected chi connectivity index (χ1v) is 9.16. The first kappa shape index (κ1) is 15.3. The monoisotopic (exact) mass is 335 g/mol. The molecular formula is C25H21N. The lowest BCUT2D eigenvalue weighted by Gasteiger charge is -2.24. The highest BCUT2D eigenvalue weighted by atomic mass is 14.7. The Morgan fingerprint density at radius 2 is 1.46 bits per heavy atom. The molecule has 3 aromatic carbocycles. The topological polar surface area (TPSA) is 12.9 Å². The molecule has 4 aromatic rings. The van der Waals surface area contributed by atoms with Crippen molar-refractivity contribution in [3.63, 3.8) is 0 Å². The summed E-state index contributed by atoms with van der Waals surface area (Å²) >= 11 is 0. The lowest BCUT2D eigenvalue weighted by atomic mass is 9.79. The molecule has 0 spiro atoms. The Morgan fingerprint density at radius 3 is 2.19 bits per heavy atom. The van der Waals surface area contributed by atoms with Gasteiger partial charge in [-0.1, -0.05) is 62.4 Å². The maximum absolute atomic E-state index is 4.71.